The number of carbonyl (C=O) groups excluding carboxylic acids is 1. The van der Waals surface area contributed by atoms with Crippen LogP contribution in [0.25, 0.3) is 6.08 Å². The molecule has 0 aliphatic carbocycles. The number of allylic oxidation sites excluding steroid dienone is 1. The van der Waals surface area contributed by atoms with Crippen molar-refractivity contribution >= 4 is 23.4 Å². The van der Waals surface area contributed by atoms with Crippen molar-refractivity contribution in [1.82, 2.24) is 4.57 Å². The van der Waals surface area contributed by atoms with Crippen LogP contribution in [0.2, 0.25) is 0 Å². The summed E-state index contributed by atoms with van der Waals surface area (Å²) in [5.41, 5.74) is 2.35. The molecule has 0 saturated carbocycles. The van der Waals surface area contributed by atoms with Crippen molar-refractivity contribution in [2.24, 2.45) is 4.99 Å². The van der Waals surface area contributed by atoms with Crippen LogP contribution in [0.5, 0.6) is 11.5 Å². The summed E-state index contributed by atoms with van der Waals surface area (Å²) in [6, 6.07) is 14.4. The maximum Gasteiger partial charge on any atom is 0.338 e. The Morgan fingerprint density at radius 3 is 2.78 bits per heavy atom. The number of fused-ring (bicyclic) bond motifs is 2. The van der Waals surface area contributed by atoms with Crippen molar-refractivity contribution in [3.8, 4) is 11.5 Å². The second kappa shape index (κ2) is 8.12. The molecule has 0 bridgehead atoms. The van der Waals surface area contributed by atoms with Crippen LogP contribution in [-0.2, 0) is 9.53 Å². The Bertz CT molecular complexity index is 1420. The van der Waals surface area contributed by atoms with E-state index < -0.39 is 12.0 Å². The van der Waals surface area contributed by atoms with E-state index in [0.717, 1.165) is 11.1 Å². The van der Waals surface area contributed by atoms with Crippen LogP contribution < -0.4 is 24.4 Å². The zero-order valence-electron chi connectivity index (χ0n) is 17.5. The van der Waals surface area contributed by atoms with Gasteiger partial charge in [-0.15, -0.1) is 0 Å². The first-order chi connectivity index (χ1) is 15.6. The Balaban J connectivity index is 1.69. The number of aromatic nitrogens is 1. The molecule has 3 aromatic rings. The zero-order chi connectivity index (χ0) is 22.2. The number of hydrogen-bond donors (Lipinski definition) is 0. The predicted molar refractivity (Wildman–Crippen MR) is 119 cm³/mol. The van der Waals surface area contributed by atoms with Crippen LogP contribution in [-0.4, -0.2) is 23.9 Å². The van der Waals surface area contributed by atoms with Gasteiger partial charge in [0.15, 0.2) is 16.3 Å². The minimum atomic E-state index is -0.606. The molecule has 0 N–H and O–H groups in total. The summed E-state index contributed by atoms with van der Waals surface area (Å²) in [4.78, 5) is 31.5. The molecule has 2 aromatic carbocycles. The molecule has 0 saturated heterocycles. The number of thiazole rings is 1. The number of ether oxygens (including phenoxy) is 3. The summed E-state index contributed by atoms with van der Waals surface area (Å²) in [7, 11) is 0. The molecule has 0 fully saturated rings. The molecule has 1 aromatic heterocycles. The molecule has 162 valence electrons. The third kappa shape index (κ3) is 3.42. The fourth-order valence-corrected chi connectivity index (χ4v) is 4.94. The standard InChI is InChI=1S/C24H20N2O5S/c1-3-29-23(28)20-14(2)25-24-26(21(20)16-7-5-4-6-8-16)22(27)19(32-24)12-15-9-10-17-18(11-15)31-13-30-17/h4-12,21H,3,13H2,1-2H3/b19-12-/t21-/m0/s1. The molecule has 3 heterocycles. The highest BCUT2D eigenvalue weighted by Gasteiger charge is 2.33. The number of esters is 1. The van der Waals surface area contributed by atoms with Crippen LogP contribution >= 0.6 is 11.3 Å². The summed E-state index contributed by atoms with van der Waals surface area (Å²) in [5.74, 6) is 0.865. The van der Waals surface area contributed by atoms with E-state index in [9.17, 15) is 9.59 Å². The van der Waals surface area contributed by atoms with Crippen molar-refractivity contribution < 1.29 is 19.0 Å². The molecule has 2 aliphatic rings. The minimum absolute atomic E-state index is 0.188. The van der Waals surface area contributed by atoms with Gasteiger partial charge >= 0.3 is 5.97 Å². The Kier molecular flexibility index (Phi) is 5.14. The van der Waals surface area contributed by atoms with Gasteiger partial charge in [-0.25, -0.2) is 9.79 Å². The molecule has 1 atom stereocenters. The Morgan fingerprint density at radius 1 is 1.22 bits per heavy atom. The summed E-state index contributed by atoms with van der Waals surface area (Å²) in [5, 5.41) is 0. The molecule has 0 spiro atoms. The molecule has 0 radical (unpaired) electrons. The van der Waals surface area contributed by atoms with Crippen molar-refractivity contribution in [3.05, 3.63) is 90.6 Å². The van der Waals surface area contributed by atoms with E-state index in [0.29, 0.717) is 32.1 Å². The maximum atomic E-state index is 13.5. The average molecular weight is 449 g/mol. The molecule has 2 aliphatic heterocycles. The van der Waals surface area contributed by atoms with E-state index in [-0.39, 0.29) is 19.0 Å². The monoisotopic (exact) mass is 448 g/mol. The van der Waals surface area contributed by atoms with Gasteiger partial charge < -0.3 is 14.2 Å². The number of rotatable bonds is 4. The van der Waals surface area contributed by atoms with E-state index in [1.54, 1.807) is 24.5 Å². The normalized spacial score (nSPS) is 17.2. The summed E-state index contributed by atoms with van der Waals surface area (Å²) < 4.78 is 18.2. The SMILES string of the molecule is CCOC(=O)C1=C(C)N=c2s/c(=C\c3ccc4c(c3)OCO4)c(=O)n2[C@H]1c1ccccc1. The smallest absolute Gasteiger partial charge is 0.338 e. The van der Waals surface area contributed by atoms with Crippen LogP contribution in [0.4, 0.5) is 0 Å². The fourth-order valence-electron chi connectivity index (χ4n) is 3.90. The molecular weight excluding hydrogens is 428 g/mol. The van der Waals surface area contributed by atoms with Gasteiger partial charge in [-0.3, -0.25) is 9.36 Å². The number of nitrogens with zero attached hydrogens (tertiary/aromatic N) is 2. The van der Waals surface area contributed by atoms with E-state index >= 15 is 0 Å². The number of benzene rings is 2. The summed E-state index contributed by atoms with van der Waals surface area (Å²) in [6.45, 7) is 3.96. The van der Waals surface area contributed by atoms with E-state index in [1.165, 1.54) is 11.3 Å². The van der Waals surface area contributed by atoms with Gasteiger partial charge in [0.1, 0.15) is 0 Å². The van der Waals surface area contributed by atoms with Gasteiger partial charge in [-0.2, -0.15) is 0 Å². The molecule has 32 heavy (non-hydrogen) atoms. The lowest BCUT2D eigenvalue weighted by Gasteiger charge is -2.24. The van der Waals surface area contributed by atoms with E-state index in [4.69, 9.17) is 14.2 Å². The molecule has 5 rings (SSSR count). The Morgan fingerprint density at radius 2 is 2.00 bits per heavy atom. The molecule has 0 unspecified atom stereocenters. The second-order valence-corrected chi connectivity index (χ2v) is 8.33. The van der Waals surface area contributed by atoms with Gasteiger partial charge in [0.25, 0.3) is 5.56 Å². The van der Waals surface area contributed by atoms with Crippen molar-refractivity contribution in [2.75, 3.05) is 13.4 Å². The fraction of sp³-hybridized carbons (Fsp3) is 0.208. The summed E-state index contributed by atoms with van der Waals surface area (Å²) >= 11 is 1.29. The van der Waals surface area contributed by atoms with Crippen molar-refractivity contribution in [3.63, 3.8) is 0 Å². The lowest BCUT2D eigenvalue weighted by molar-refractivity contribution is -0.139. The molecule has 7 nitrogen and oxygen atoms in total. The van der Waals surface area contributed by atoms with Crippen LogP contribution in [0.1, 0.15) is 31.0 Å². The predicted octanol–water partition coefficient (Wildman–Crippen LogP) is 2.53. The third-order valence-corrected chi connectivity index (χ3v) is 6.31. The Labute approximate surface area is 187 Å². The highest BCUT2D eigenvalue weighted by Crippen LogP contribution is 2.33. The molecular formula is C24H20N2O5S. The average Bonchev–Trinajstić information content (AvgIpc) is 3.37. The van der Waals surface area contributed by atoms with Gasteiger partial charge in [0.2, 0.25) is 6.79 Å². The van der Waals surface area contributed by atoms with Crippen LogP contribution in [0, 0.1) is 0 Å². The van der Waals surface area contributed by atoms with Crippen LogP contribution in [0.3, 0.4) is 0 Å². The van der Waals surface area contributed by atoms with Gasteiger partial charge in [0, 0.05) is 0 Å². The number of carbonyl (C=O) groups is 1. The zero-order valence-corrected chi connectivity index (χ0v) is 18.3. The van der Waals surface area contributed by atoms with Crippen molar-refractivity contribution in [2.45, 2.75) is 19.9 Å². The highest BCUT2D eigenvalue weighted by atomic mass is 32.1. The molecule has 8 heteroatoms. The van der Waals surface area contributed by atoms with Gasteiger partial charge in [0.05, 0.1) is 28.5 Å². The van der Waals surface area contributed by atoms with Crippen molar-refractivity contribution in [1.29, 1.82) is 0 Å². The van der Waals surface area contributed by atoms with Crippen LogP contribution in [0.15, 0.2) is 69.6 Å². The number of hydrogen-bond acceptors (Lipinski definition) is 7. The first-order valence-electron chi connectivity index (χ1n) is 10.2. The van der Waals surface area contributed by atoms with E-state index in [2.05, 4.69) is 4.99 Å². The first-order valence-corrected chi connectivity index (χ1v) is 11.0. The maximum absolute atomic E-state index is 13.5. The minimum Gasteiger partial charge on any atom is -0.463 e. The third-order valence-electron chi connectivity index (χ3n) is 5.33. The summed E-state index contributed by atoms with van der Waals surface area (Å²) in [6.07, 6.45) is 1.80. The largest absolute Gasteiger partial charge is 0.463 e. The van der Waals surface area contributed by atoms with Gasteiger partial charge in [-0.05, 0) is 43.2 Å². The topological polar surface area (TPSA) is 79.1 Å². The van der Waals surface area contributed by atoms with E-state index in [1.807, 2.05) is 48.5 Å². The lowest BCUT2D eigenvalue weighted by Crippen LogP contribution is -2.39. The first kappa shape index (κ1) is 20.3. The quantitative estimate of drug-likeness (QED) is 0.573. The second-order valence-electron chi connectivity index (χ2n) is 7.33. The highest BCUT2D eigenvalue weighted by molar-refractivity contribution is 7.07. The lowest BCUT2D eigenvalue weighted by atomic mass is 9.96. The molecule has 0 amide bonds. The Hall–Kier alpha value is -3.65. The van der Waals surface area contributed by atoms with Gasteiger partial charge in [-0.1, -0.05) is 47.7 Å².